The van der Waals surface area contributed by atoms with Gasteiger partial charge in [-0.15, -0.1) is 0 Å². The topological polar surface area (TPSA) is 15.3 Å². The molecule has 1 heterocycles. The van der Waals surface area contributed by atoms with Crippen molar-refractivity contribution in [1.82, 2.24) is 5.32 Å². The Hall–Kier alpha value is -0.610. The highest BCUT2D eigenvalue weighted by molar-refractivity contribution is 9.10. The minimum atomic E-state index is -0.110. The Kier molecular flexibility index (Phi) is 4.32. The molecule has 1 N–H and O–H groups in total. The van der Waals surface area contributed by atoms with Crippen molar-refractivity contribution in [2.75, 3.05) is 24.5 Å². The zero-order valence-electron chi connectivity index (χ0n) is 11.8. The second-order valence-corrected chi connectivity index (χ2v) is 7.05. The van der Waals surface area contributed by atoms with Gasteiger partial charge in [-0.2, -0.15) is 0 Å². The summed E-state index contributed by atoms with van der Waals surface area (Å²) in [6, 6.07) is 5.24. The number of nitrogens with one attached hydrogen (secondary N) is 1. The summed E-state index contributed by atoms with van der Waals surface area (Å²) in [6.07, 6.45) is 7.45. The van der Waals surface area contributed by atoms with Gasteiger partial charge in [0.05, 0.1) is 5.69 Å². The molecule has 20 heavy (non-hydrogen) atoms. The van der Waals surface area contributed by atoms with Gasteiger partial charge in [0.25, 0.3) is 0 Å². The predicted molar refractivity (Wildman–Crippen MR) is 84.7 cm³/mol. The summed E-state index contributed by atoms with van der Waals surface area (Å²) in [7, 11) is 0. The lowest BCUT2D eigenvalue weighted by atomic mass is 9.81. The molecule has 4 heteroatoms. The molecule has 1 saturated carbocycles. The Balaban J connectivity index is 1.86. The second kappa shape index (κ2) is 6.02. The van der Waals surface area contributed by atoms with Crippen LogP contribution < -0.4 is 10.2 Å². The highest BCUT2D eigenvalue weighted by Crippen LogP contribution is 2.33. The van der Waals surface area contributed by atoms with Crippen molar-refractivity contribution in [3.05, 3.63) is 28.5 Å². The molecule has 0 bridgehead atoms. The third-order valence-corrected chi connectivity index (χ3v) is 5.15. The van der Waals surface area contributed by atoms with Crippen molar-refractivity contribution in [3.63, 3.8) is 0 Å². The van der Waals surface area contributed by atoms with Crippen LogP contribution in [0.3, 0.4) is 0 Å². The molecule has 1 aliphatic carbocycles. The fraction of sp³-hybridized carbons (Fsp3) is 0.625. The largest absolute Gasteiger partial charge is 0.367 e. The fourth-order valence-electron chi connectivity index (χ4n) is 3.62. The molecule has 110 valence electrons. The number of rotatable bonds is 1. The van der Waals surface area contributed by atoms with Crippen molar-refractivity contribution in [1.29, 1.82) is 0 Å². The van der Waals surface area contributed by atoms with Crippen LogP contribution in [0.15, 0.2) is 22.7 Å². The molecule has 0 atom stereocenters. The van der Waals surface area contributed by atoms with Crippen LogP contribution >= 0.6 is 15.9 Å². The highest BCUT2D eigenvalue weighted by Gasteiger charge is 2.35. The van der Waals surface area contributed by atoms with Crippen LogP contribution in [0.2, 0.25) is 0 Å². The van der Waals surface area contributed by atoms with E-state index < -0.39 is 0 Å². The van der Waals surface area contributed by atoms with E-state index in [9.17, 15) is 4.39 Å². The van der Waals surface area contributed by atoms with E-state index >= 15 is 0 Å². The standard InChI is InChI=1S/C16H22BrFN2/c17-13-5-6-14(18)15(11-13)20-10-4-9-19-16(12-20)7-2-1-3-8-16/h5-6,11,19H,1-4,7-10,12H2. The van der Waals surface area contributed by atoms with Crippen molar-refractivity contribution in [2.45, 2.75) is 44.1 Å². The average Bonchev–Trinajstić information content (AvgIpc) is 2.65. The summed E-state index contributed by atoms with van der Waals surface area (Å²) in [6.45, 7) is 2.91. The first-order valence-electron chi connectivity index (χ1n) is 7.64. The summed E-state index contributed by atoms with van der Waals surface area (Å²) in [5, 5.41) is 3.75. The second-order valence-electron chi connectivity index (χ2n) is 6.14. The summed E-state index contributed by atoms with van der Waals surface area (Å²) >= 11 is 3.46. The zero-order valence-corrected chi connectivity index (χ0v) is 13.4. The monoisotopic (exact) mass is 340 g/mol. The molecular weight excluding hydrogens is 319 g/mol. The molecule has 1 aromatic carbocycles. The summed E-state index contributed by atoms with van der Waals surface area (Å²) in [5.74, 6) is -0.110. The van der Waals surface area contributed by atoms with Gasteiger partial charge < -0.3 is 10.2 Å². The summed E-state index contributed by atoms with van der Waals surface area (Å²) in [5.41, 5.74) is 0.941. The smallest absolute Gasteiger partial charge is 0.146 e. The number of hydrogen-bond acceptors (Lipinski definition) is 2. The van der Waals surface area contributed by atoms with Crippen LogP contribution in [0.1, 0.15) is 38.5 Å². The van der Waals surface area contributed by atoms with Crippen molar-refractivity contribution >= 4 is 21.6 Å². The van der Waals surface area contributed by atoms with Gasteiger partial charge in [-0.05, 0) is 44.0 Å². The zero-order chi connectivity index (χ0) is 14.0. The highest BCUT2D eigenvalue weighted by atomic mass is 79.9. The van der Waals surface area contributed by atoms with Gasteiger partial charge in [-0.1, -0.05) is 35.2 Å². The predicted octanol–water partition coefficient (Wildman–Crippen LogP) is 4.09. The number of benzene rings is 1. The molecule has 0 radical (unpaired) electrons. The van der Waals surface area contributed by atoms with Crippen LogP contribution in [0.4, 0.5) is 10.1 Å². The fourth-order valence-corrected chi connectivity index (χ4v) is 3.97. The molecule has 0 unspecified atom stereocenters. The Labute approximate surface area is 128 Å². The third kappa shape index (κ3) is 3.01. The molecule has 1 spiro atoms. The summed E-state index contributed by atoms with van der Waals surface area (Å²) < 4.78 is 15.1. The number of anilines is 1. The number of nitrogens with zero attached hydrogens (tertiary/aromatic N) is 1. The molecule has 2 fully saturated rings. The Bertz CT molecular complexity index is 472. The van der Waals surface area contributed by atoms with Gasteiger partial charge in [0, 0.05) is 23.1 Å². The first-order chi connectivity index (χ1) is 9.69. The first-order valence-corrected chi connectivity index (χ1v) is 8.43. The molecule has 3 rings (SSSR count). The van der Waals surface area contributed by atoms with Crippen molar-refractivity contribution in [3.8, 4) is 0 Å². The van der Waals surface area contributed by atoms with Gasteiger partial charge in [0.15, 0.2) is 0 Å². The Morgan fingerprint density at radius 3 is 2.75 bits per heavy atom. The minimum absolute atomic E-state index is 0.110. The molecule has 2 nitrogen and oxygen atoms in total. The molecule has 1 aromatic rings. The molecule has 0 amide bonds. The van der Waals surface area contributed by atoms with Gasteiger partial charge in [0.2, 0.25) is 0 Å². The number of hydrogen-bond donors (Lipinski definition) is 1. The van der Waals surface area contributed by atoms with Gasteiger partial charge in [0.1, 0.15) is 5.82 Å². The average molecular weight is 341 g/mol. The molecule has 1 saturated heterocycles. The van der Waals surface area contributed by atoms with Crippen molar-refractivity contribution < 1.29 is 4.39 Å². The van der Waals surface area contributed by atoms with Crippen LogP contribution in [0.25, 0.3) is 0 Å². The van der Waals surface area contributed by atoms with Crippen LogP contribution in [-0.4, -0.2) is 25.2 Å². The van der Waals surface area contributed by atoms with Crippen LogP contribution in [0.5, 0.6) is 0 Å². The SMILES string of the molecule is Fc1ccc(Br)cc1N1CCCNC2(CCCCC2)C1. The molecule has 0 aromatic heterocycles. The lowest BCUT2D eigenvalue weighted by molar-refractivity contribution is 0.246. The van der Waals surface area contributed by atoms with E-state index in [1.165, 1.54) is 32.1 Å². The van der Waals surface area contributed by atoms with Crippen LogP contribution in [0, 0.1) is 5.82 Å². The number of halogens is 2. The maximum atomic E-state index is 14.2. The lowest BCUT2D eigenvalue weighted by Gasteiger charge is -2.40. The third-order valence-electron chi connectivity index (χ3n) is 4.66. The van der Waals surface area contributed by atoms with E-state index in [0.29, 0.717) is 0 Å². The van der Waals surface area contributed by atoms with Crippen LogP contribution in [-0.2, 0) is 0 Å². The lowest BCUT2D eigenvalue weighted by Crippen LogP contribution is -2.52. The first kappa shape index (κ1) is 14.3. The molecular formula is C16H22BrFN2. The van der Waals surface area contributed by atoms with E-state index in [2.05, 4.69) is 26.1 Å². The maximum absolute atomic E-state index is 14.2. The van der Waals surface area contributed by atoms with E-state index in [1.807, 2.05) is 6.07 Å². The maximum Gasteiger partial charge on any atom is 0.146 e. The van der Waals surface area contributed by atoms with Gasteiger partial charge in [-0.25, -0.2) is 4.39 Å². The van der Waals surface area contributed by atoms with E-state index in [1.54, 1.807) is 12.1 Å². The minimum Gasteiger partial charge on any atom is -0.367 e. The Morgan fingerprint density at radius 2 is 1.95 bits per heavy atom. The quantitative estimate of drug-likeness (QED) is 0.828. The normalized spacial score (nSPS) is 22.8. The van der Waals surface area contributed by atoms with E-state index in [4.69, 9.17) is 0 Å². The van der Waals surface area contributed by atoms with Crippen molar-refractivity contribution in [2.24, 2.45) is 0 Å². The van der Waals surface area contributed by atoms with E-state index in [0.717, 1.165) is 36.2 Å². The Morgan fingerprint density at radius 1 is 1.15 bits per heavy atom. The molecule has 1 aliphatic heterocycles. The summed E-state index contributed by atoms with van der Waals surface area (Å²) in [4.78, 5) is 2.24. The van der Waals surface area contributed by atoms with E-state index in [-0.39, 0.29) is 11.4 Å². The molecule has 2 aliphatic rings. The van der Waals surface area contributed by atoms with Gasteiger partial charge >= 0.3 is 0 Å². The van der Waals surface area contributed by atoms with Gasteiger partial charge in [-0.3, -0.25) is 0 Å².